The maximum atomic E-state index is 11.7. The third-order valence-electron chi connectivity index (χ3n) is 3.30. The predicted octanol–water partition coefficient (Wildman–Crippen LogP) is 1.48. The van der Waals surface area contributed by atoms with Gasteiger partial charge in [0.2, 0.25) is 0 Å². The van der Waals surface area contributed by atoms with Crippen LogP contribution in [0.5, 0.6) is 5.75 Å². The molecular weight excluding hydrogens is 274 g/mol. The summed E-state index contributed by atoms with van der Waals surface area (Å²) < 4.78 is 5.71. The number of nitro groups is 1. The van der Waals surface area contributed by atoms with Crippen LogP contribution in [0, 0.1) is 10.1 Å². The number of hydrogen-bond donors (Lipinski definition) is 2. The summed E-state index contributed by atoms with van der Waals surface area (Å²) >= 11 is 0. The number of benzene rings is 1. The van der Waals surface area contributed by atoms with Gasteiger partial charge in [-0.1, -0.05) is 0 Å². The second-order valence-electron chi connectivity index (χ2n) is 4.89. The Kier molecular flexibility index (Phi) is 5.10. The van der Waals surface area contributed by atoms with E-state index in [0.29, 0.717) is 13.1 Å². The Morgan fingerprint density at radius 3 is 3.00 bits per heavy atom. The number of hydrogen-bond acceptors (Lipinski definition) is 5. The van der Waals surface area contributed by atoms with E-state index < -0.39 is 4.92 Å². The lowest BCUT2D eigenvalue weighted by atomic mass is 10.1. The van der Waals surface area contributed by atoms with Crippen LogP contribution >= 0.6 is 0 Å². The van der Waals surface area contributed by atoms with Crippen molar-refractivity contribution in [3.05, 3.63) is 33.9 Å². The van der Waals surface area contributed by atoms with Crippen molar-refractivity contribution in [2.24, 2.45) is 0 Å². The second kappa shape index (κ2) is 7.03. The molecule has 1 atom stereocenters. The van der Waals surface area contributed by atoms with E-state index in [1.54, 1.807) is 13.0 Å². The molecular formula is C14H19N3O4. The van der Waals surface area contributed by atoms with Crippen LogP contribution in [-0.2, 0) is 0 Å². The van der Waals surface area contributed by atoms with E-state index in [9.17, 15) is 14.9 Å². The van der Waals surface area contributed by atoms with Crippen molar-refractivity contribution in [1.29, 1.82) is 0 Å². The summed E-state index contributed by atoms with van der Waals surface area (Å²) in [6.07, 6.45) is 1.77. The van der Waals surface area contributed by atoms with Crippen molar-refractivity contribution in [2.45, 2.75) is 25.9 Å². The number of carbonyl (C=O) groups is 1. The number of carbonyl (C=O) groups excluding carboxylic acids is 1. The average molecular weight is 293 g/mol. The average Bonchev–Trinajstić information content (AvgIpc) is 2.48. The van der Waals surface area contributed by atoms with Gasteiger partial charge in [-0.2, -0.15) is 0 Å². The lowest BCUT2D eigenvalue weighted by Gasteiger charge is -2.23. The fourth-order valence-electron chi connectivity index (χ4n) is 2.26. The van der Waals surface area contributed by atoms with E-state index in [4.69, 9.17) is 4.74 Å². The summed E-state index contributed by atoms with van der Waals surface area (Å²) in [5.74, 6) is -0.117. The molecule has 1 fully saturated rings. The molecule has 21 heavy (non-hydrogen) atoms. The van der Waals surface area contributed by atoms with E-state index in [0.717, 1.165) is 19.4 Å². The molecule has 114 valence electrons. The Bertz CT molecular complexity index is 527. The summed E-state index contributed by atoms with van der Waals surface area (Å²) in [6.45, 7) is 3.88. The van der Waals surface area contributed by atoms with Gasteiger partial charge in [-0.05, 0) is 38.4 Å². The third-order valence-corrected chi connectivity index (χ3v) is 3.30. The maximum Gasteiger partial charge on any atom is 0.311 e. The smallest absolute Gasteiger partial charge is 0.311 e. The molecule has 1 aliphatic heterocycles. The van der Waals surface area contributed by atoms with Crippen LogP contribution < -0.4 is 15.4 Å². The van der Waals surface area contributed by atoms with Gasteiger partial charge in [0.25, 0.3) is 5.91 Å². The van der Waals surface area contributed by atoms with Crippen molar-refractivity contribution in [3.8, 4) is 5.75 Å². The molecule has 0 radical (unpaired) electrons. The number of piperidine rings is 1. The van der Waals surface area contributed by atoms with Crippen molar-refractivity contribution in [1.82, 2.24) is 10.6 Å². The Morgan fingerprint density at radius 1 is 1.57 bits per heavy atom. The molecule has 1 unspecified atom stereocenters. The SMILES string of the molecule is CCNC(=O)c1ccc(OC2CCCNC2)c([N+](=O)[O-])c1. The van der Waals surface area contributed by atoms with Gasteiger partial charge >= 0.3 is 5.69 Å². The van der Waals surface area contributed by atoms with Crippen LogP contribution in [0.25, 0.3) is 0 Å². The molecule has 0 saturated carbocycles. The Labute approximate surface area is 122 Å². The molecule has 2 N–H and O–H groups in total. The van der Waals surface area contributed by atoms with Crippen molar-refractivity contribution >= 4 is 11.6 Å². The Morgan fingerprint density at radius 2 is 2.38 bits per heavy atom. The van der Waals surface area contributed by atoms with E-state index >= 15 is 0 Å². The largest absolute Gasteiger partial charge is 0.482 e. The minimum absolute atomic E-state index is 0.0761. The van der Waals surface area contributed by atoms with Crippen LogP contribution in [0.4, 0.5) is 5.69 Å². The number of amides is 1. The Balaban J connectivity index is 2.20. The maximum absolute atomic E-state index is 11.7. The molecule has 0 spiro atoms. The lowest BCUT2D eigenvalue weighted by Crippen LogP contribution is -2.37. The van der Waals surface area contributed by atoms with E-state index in [2.05, 4.69) is 10.6 Å². The molecule has 2 rings (SSSR count). The molecule has 7 heteroatoms. The quantitative estimate of drug-likeness (QED) is 0.633. The van der Waals surface area contributed by atoms with Gasteiger partial charge < -0.3 is 15.4 Å². The molecule has 0 aliphatic carbocycles. The van der Waals surface area contributed by atoms with Crippen LogP contribution in [0.3, 0.4) is 0 Å². The van der Waals surface area contributed by atoms with Gasteiger partial charge in [0.1, 0.15) is 6.10 Å². The highest BCUT2D eigenvalue weighted by Gasteiger charge is 2.22. The molecule has 1 aromatic carbocycles. The van der Waals surface area contributed by atoms with Gasteiger partial charge in [-0.3, -0.25) is 14.9 Å². The highest BCUT2D eigenvalue weighted by molar-refractivity contribution is 5.95. The number of nitro benzene ring substituents is 1. The van der Waals surface area contributed by atoms with E-state index in [1.165, 1.54) is 12.1 Å². The predicted molar refractivity (Wildman–Crippen MR) is 77.6 cm³/mol. The summed E-state index contributed by atoms with van der Waals surface area (Å²) in [6, 6.07) is 4.30. The van der Waals surface area contributed by atoms with Gasteiger partial charge in [-0.15, -0.1) is 0 Å². The first-order valence-electron chi connectivity index (χ1n) is 7.06. The monoisotopic (exact) mass is 293 g/mol. The zero-order chi connectivity index (χ0) is 15.2. The molecule has 1 aromatic rings. The fraction of sp³-hybridized carbons (Fsp3) is 0.500. The summed E-state index contributed by atoms with van der Waals surface area (Å²) in [7, 11) is 0. The van der Waals surface area contributed by atoms with Crippen LogP contribution in [0.15, 0.2) is 18.2 Å². The van der Waals surface area contributed by atoms with Gasteiger partial charge in [0, 0.05) is 24.7 Å². The first kappa shape index (κ1) is 15.2. The molecule has 1 saturated heterocycles. The van der Waals surface area contributed by atoms with Crippen molar-refractivity contribution in [2.75, 3.05) is 19.6 Å². The standard InChI is InChI=1S/C14H19N3O4/c1-2-16-14(18)10-5-6-13(12(8-10)17(19)20)21-11-4-3-7-15-9-11/h5-6,8,11,15H,2-4,7,9H2,1H3,(H,16,18). The summed E-state index contributed by atoms with van der Waals surface area (Å²) in [5, 5.41) is 17.0. The molecule has 1 amide bonds. The van der Waals surface area contributed by atoms with Gasteiger partial charge in [-0.25, -0.2) is 0 Å². The minimum Gasteiger partial charge on any atom is -0.482 e. The van der Waals surface area contributed by atoms with E-state index in [1.807, 2.05) is 0 Å². The number of nitrogens with one attached hydrogen (secondary N) is 2. The molecule has 0 bridgehead atoms. The molecule has 1 heterocycles. The highest BCUT2D eigenvalue weighted by atomic mass is 16.6. The summed E-state index contributed by atoms with van der Waals surface area (Å²) in [5.41, 5.74) is 0.0852. The Hall–Kier alpha value is -2.15. The van der Waals surface area contributed by atoms with Crippen LogP contribution in [0.2, 0.25) is 0 Å². The fourth-order valence-corrected chi connectivity index (χ4v) is 2.26. The molecule has 7 nitrogen and oxygen atoms in total. The van der Waals surface area contributed by atoms with Crippen molar-refractivity contribution < 1.29 is 14.5 Å². The first-order chi connectivity index (χ1) is 10.1. The second-order valence-corrected chi connectivity index (χ2v) is 4.89. The van der Waals surface area contributed by atoms with Gasteiger partial charge in [0.15, 0.2) is 5.75 Å². The first-order valence-corrected chi connectivity index (χ1v) is 7.06. The number of ether oxygens (including phenoxy) is 1. The summed E-state index contributed by atoms with van der Waals surface area (Å²) in [4.78, 5) is 22.4. The zero-order valence-electron chi connectivity index (χ0n) is 11.9. The zero-order valence-corrected chi connectivity index (χ0v) is 11.9. The van der Waals surface area contributed by atoms with E-state index in [-0.39, 0.29) is 29.0 Å². The van der Waals surface area contributed by atoms with Crippen LogP contribution in [0.1, 0.15) is 30.1 Å². The third kappa shape index (κ3) is 3.91. The number of nitrogens with zero attached hydrogens (tertiary/aromatic N) is 1. The number of rotatable bonds is 5. The van der Waals surface area contributed by atoms with Gasteiger partial charge in [0.05, 0.1) is 4.92 Å². The topological polar surface area (TPSA) is 93.5 Å². The molecule has 1 aliphatic rings. The molecule has 0 aromatic heterocycles. The minimum atomic E-state index is -0.520. The highest BCUT2D eigenvalue weighted by Crippen LogP contribution is 2.29. The lowest BCUT2D eigenvalue weighted by molar-refractivity contribution is -0.386. The van der Waals surface area contributed by atoms with Crippen LogP contribution in [-0.4, -0.2) is 36.6 Å². The van der Waals surface area contributed by atoms with Crippen molar-refractivity contribution in [3.63, 3.8) is 0 Å². The normalized spacial score (nSPS) is 18.0.